The summed E-state index contributed by atoms with van der Waals surface area (Å²) in [7, 11) is -3.69. The highest BCUT2D eigenvalue weighted by molar-refractivity contribution is 7.89. The Hall–Kier alpha value is -3.52. The van der Waals surface area contributed by atoms with E-state index in [0.29, 0.717) is 19.8 Å². The van der Waals surface area contributed by atoms with Crippen LogP contribution in [0.25, 0.3) is 10.8 Å². The van der Waals surface area contributed by atoms with E-state index in [9.17, 15) is 13.2 Å². The molecule has 7 heteroatoms. The fourth-order valence-corrected chi connectivity index (χ4v) is 4.76. The lowest BCUT2D eigenvalue weighted by Crippen LogP contribution is -2.30. The van der Waals surface area contributed by atoms with E-state index in [-0.39, 0.29) is 23.8 Å². The fourth-order valence-electron chi connectivity index (χ4n) is 3.70. The van der Waals surface area contributed by atoms with Gasteiger partial charge in [-0.1, -0.05) is 84.9 Å². The highest BCUT2D eigenvalue weighted by Crippen LogP contribution is 2.18. The van der Waals surface area contributed by atoms with Crippen LogP contribution in [-0.4, -0.2) is 20.9 Å². The van der Waals surface area contributed by atoms with Crippen LogP contribution >= 0.6 is 0 Å². The molecule has 0 radical (unpaired) electrons. The van der Waals surface area contributed by atoms with Gasteiger partial charge in [0.05, 0.1) is 18.1 Å². The van der Waals surface area contributed by atoms with Crippen LogP contribution in [0, 0.1) is 0 Å². The molecule has 4 aromatic carbocycles. The van der Waals surface area contributed by atoms with Crippen molar-refractivity contribution in [3.05, 3.63) is 114 Å². The average molecular weight is 489 g/mol. The summed E-state index contributed by atoms with van der Waals surface area (Å²) in [5.41, 5.74) is 3.10. The highest BCUT2D eigenvalue weighted by Gasteiger charge is 2.14. The van der Waals surface area contributed by atoms with Crippen molar-refractivity contribution in [3.8, 4) is 0 Å². The Balaban J connectivity index is 1.21. The maximum absolute atomic E-state index is 12.6. The molecule has 0 unspecified atom stereocenters. The van der Waals surface area contributed by atoms with Crippen LogP contribution in [0.5, 0.6) is 0 Å². The van der Waals surface area contributed by atoms with Gasteiger partial charge in [-0.25, -0.2) is 13.1 Å². The number of nitrogens with one attached hydrogen (secondary N) is 2. The van der Waals surface area contributed by atoms with Gasteiger partial charge in [-0.05, 0) is 39.6 Å². The van der Waals surface area contributed by atoms with Crippen LogP contribution < -0.4 is 10.0 Å². The number of hydrogen-bond acceptors (Lipinski definition) is 4. The molecule has 0 aliphatic carbocycles. The van der Waals surface area contributed by atoms with Crippen LogP contribution in [0.2, 0.25) is 0 Å². The molecule has 2 N–H and O–H groups in total. The van der Waals surface area contributed by atoms with E-state index >= 15 is 0 Å². The Morgan fingerprint density at radius 1 is 0.714 bits per heavy atom. The molecule has 0 saturated heterocycles. The SMILES string of the molecule is O=C(CCNS(=O)(=O)c1ccc2ccccc2c1)NCc1cccc(COCc2ccccc2)c1. The zero-order chi connectivity index (χ0) is 24.5. The molecule has 0 aromatic heterocycles. The summed E-state index contributed by atoms with van der Waals surface area (Å²) in [5.74, 6) is -0.225. The largest absolute Gasteiger partial charge is 0.372 e. The number of rotatable bonds is 11. The van der Waals surface area contributed by atoms with E-state index in [0.717, 1.165) is 27.5 Å². The Morgan fingerprint density at radius 2 is 1.40 bits per heavy atom. The molecule has 35 heavy (non-hydrogen) atoms. The maximum Gasteiger partial charge on any atom is 0.240 e. The molecule has 0 aliphatic rings. The topological polar surface area (TPSA) is 84.5 Å². The normalized spacial score (nSPS) is 11.4. The van der Waals surface area contributed by atoms with Gasteiger partial charge >= 0.3 is 0 Å². The lowest BCUT2D eigenvalue weighted by atomic mass is 10.1. The van der Waals surface area contributed by atoms with E-state index in [2.05, 4.69) is 10.0 Å². The predicted molar refractivity (Wildman–Crippen MR) is 137 cm³/mol. The first kappa shape index (κ1) is 24.6. The van der Waals surface area contributed by atoms with Gasteiger partial charge in [-0.3, -0.25) is 4.79 Å². The molecule has 0 atom stereocenters. The first-order valence-corrected chi connectivity index (χ1v) is 12.9. The summed E-state index contributed by atoms with van der Waals surface area (Å²) < 4.78 is 33.5. The Labute approximate surface area is 206 Å². The molecule has 0 heterocycles. The molecule has 4 rings (SSSR count). The van der Waals surface area contributed by atoms with Gasteiger partial charge in [-0.15, -0.1) is 0 Å². The van der Waals surface area contributed by atoms with Crippen LogP contribution in [-0.2, 0) is 39.3 Å². The number of fused-ring (bicyclic) bond motifs is 1. The number of sulfonamides is 1. The predicted octanol–water partition coefficient (Wildman–Crippen LogP) is 4.54. The van der Waals surface area contributed by atoms with Crippen LogP contribution in [0.3, 0.4) is 0 Å². The van der Waals surface area contributed by atoms with E-state index in [1.54, 1.807) is 18.2 Å². The summed E-state index contributed by atoms with van der Waals surface area (Å²) in [4.78, 5) is 12.4. The zero-order valence-corrected chi connectivity index (χ0v) is 20.1. The van der Waals surface area contributed by atoms with Gasteiger partial charge in [-0.2, -0.15) is 0 Å². The first-order valence-electron chi connectivity index (χ1n) is 11.4. The summed E-state index contributed by atoms with van der Waals surface area (Å²) in [5, 5.41) is 4.66. The third-order valence-electron chi connectivity index (χ3n) is 5.54. The van der Waals surface area contributed by atoms with Crippen molar-refractivity contribution in [2.75, 3.05) is 6.54 Å². The number of ether oxygens (including phenoxy) is 1. The minimum atomic E-state index is -3.69. The zero-order valence-electron chi connectivity index (χ0n) is 19.3. The quantitative estimate of drug-likeness (QED) is 0.325. The number of hydrogen-bond donors (Lipinski definition) is 2. The molecular weight excluding hydrogens is 460 g/mol. The van der Waals surface area contributed by atoms with Crippen LogP contribution in [0.4, 0.5) is 0 Å². The molecule has 180 valence electrons. The van der Waals surface area contributed by atoms with Crippen molar-refractivity contribution in [1.29, 1.82) is 0 Å². The van der Waals surface area contributed by atoms with Crippen molar-refractivity contribution >= 4 is 26.7 Å². The van der Waals surface area contributed by atoms with Crippen LogP contribution in [0.1, 0.15) is 23.1 Å². The number of carbonyl (C=O) groups excluding carboxylic acids is 1. The van der Waals surface area contributed by atoms with E-state index in [4.69, 9.17) is 4.74 Å². The molecule has 0 bridgehead atoms. The van der Waals surface area contributed by atoms with E-state index in [1.807, 2.05) is 78.9 Å². The van der Waals surface area contributed by atoms with Crippen molar-refractivity contribution in [1.82, 2.24) is 10.0 Å². The molecule has 1 amide bonds. The van der Waals surface area contributed by atoms with Gasteiger partial charge < -0.3 is 10.1 Å². The summed E-state index contributed by atoms with van der Waals surface area (Å²) in [6, 6.07) is 30.4. The summed E-state index contributed by atoms with van der Waals surface area (Å²) in [6.07, 6.45) is 0.0483. The summed E-state index contributed by atoms with van der Waals surface area (Å²) >= 11 is 0. The average Bonchev–Trinajstić information content (AvgIpc) is 2.88. The lowest BCUT2D eigenvalue weighted by molar-refractivity contribution is -0.121. The standard InChI is InChI=1S/C28H28N2O4S/c31-28(15-16-30-35(32,33)27-14-13-25-11-4-5-12-26(25)18-27)29-19-23-9-6-10-24(17-23)21-34-20-22-7-2-1-3-8-22/h1-14,17-18,30H,15-16,19-21H2,(H,29,31). The number of carbonyl (C=O) groups is 1. The van der Waals surface area contributed by atoms with Crippen molar-refractivity contribution < 1.29 is 17.9 Å². The molecule has 4 aromatic rings. The van der Waals surface area contributed by atoms with Gasteiger partial charge in [0.15, 0.2) is 0 Å². The monoisotopic (exact) mass is 488 g/mol. The Bertz CT molecular complexity index is 1390. The fraction of sp³-hybridized carbons (Fsp3) is 0.179. The van der Waals surface area contributed by atoms with Gasteiger partial charge in [0, 0.05) is 19.5 Å². The maximum atomic E-state index is 12.6. The van der Waals surface area contributed by atoms with Crippen molar-refractivity contribution in [2.45, 2.75) is 31.1 Å². The van der Waals surface area contributed by atoms with Crippen molar-refractivity contribution in [2.24, 2.45) is 0 Å². The summed E-state index contributed by atoms with van der Waals surface area (Å²) in [6.45, 7) is 1.40. The second-order valence-corrected chi connectivity index (χ2v) is 10.00. The van der Waals surface area contributed by atoms with Crippen LogP contribution in [0.15, 0.2) is 102 Å². The minimum Gasteiger partial charge on any atom is -0.372 e. The molecule has 0 fully saturated rings. The molecular formula is C28H28N2O4S. The van der Waals surface area contributed by atoms with Gasteiger partial charge in [0.1, 0.15) is 0 Å². The molecule has 0 saturated carbocycles. The van der Waals surface area contributed by atoms with Crippen molar-refractivity contribution in [3.63, 3.8) is 0 Å². The Morgan fingerprint density at radius 3 is 2.23 bits per heavy atom. The minimum absolute atomic E-state index is 0.0222. The molecule has 0 aliphatic heterocycles. The van der Waals surface area contributed by atoms with Gasteiger partial charge in [0.2, 0.25) is 15.9 Å². The van der Waals surface area contributed by atoms with E-state index < -0.39 is 10.0 Å². The molecule has 0 spiro atoms. The molecule has 6 nitrogen and oxygen atoms in total. The number of benzene rings is 4. The smallest absolute Gasteiger partial charge is 0.240 e. The van der Waals surface area contributed by atoms with Gasteiger partial charge in [0.25, 0.3) is 0 Å². The second-order valence-electron chi connectivity index (χ2n) is 8.23. The number of amides is 1. The highest BCUT2D eigenvalue weighted by atomic mass is 32.2. The first-order chi connectivity index (χ1) is 17.0. The third-order valence-corrected chi connectivity index (χ3v) is 7.00. The van der Waals surface area contributed by atoms with E-state index in [1.165, 1.54) is 0 Å². The lowest BCUT2D eigenvalue weighted by Gasteiger charge is -2.10. The second kappa shape index (κ2) is 11.8. The third kappa shape index (κ3) is 7.23. The Kier molecular flexibility index (Phi) is 8.26.